The highest BCUT2D eigenvalue weighted by molar-refractivity contribution is 7.10. The van der Waals surface area contributed by atoms with Gasteiger partial charge in [-0.25, -0.2) is 4.68 Å². The normalized spacial score (nSPS) is 20.8. The molecular formula is C15H15N5S. The molecule has 2 aromatic heterocycles. The molecule has 0 bridgehead atoms. The standard InChI is InChI=1S/C15H15N5S/c1-10-5-2-3-6-11(10)13-9-12(14-7-4-8-21-14)16-15-17-18-19-20(13)15/h2-8,12-13H,9H2,1H3,(H,16,17,19)/t12-,13+/m1/s1. The molecule has 0 fully saturated rings. The van der Waals surface area contributed by atoms with Crippen LogP contribution in [0.3, 0.4) is 0 Å². The minimum absolute atomic E-state index is 0.171. The maximum absolute atomic E-state index is 4.17. The molecule has 1 aliphatic heterocycles. The molecule has 2 atom stereocenters. The van der Waals surface area contributed by atoms with E-state index in [1.165, 1.54) is 16.0 Å². The summed E-state index contributed by atoms with van der Waals surface area (Å²) in [5.74, 6) is 0.743. The van der Waals surface area contributed by atoms with Gasteiger partial charge in [-0.3, -0.25) is 0 Å². The van der Waals surface area contributed by atoms with E-state index in [9.17, 15) is 0 Å². The van der Waals surface area contributed by atoms with Crippen molar-refractivity contribution in [3.05, 3.63) is 57.8 Å². The van der Waals surface area contributed by atoms with Crippen molar-refractivity contribution >= 4 is 17.3 Å². The summed E-state index contributed by atoms with van der Waals surface area (Å²) in [4.78, 5) is 1.32. The predicted octanol–water partition coefficient (Wildman–Crippen LogP) is 3.19. The number of aryl methyl sites for hydroxylation is 1. The first-order valence-corrected chi connectivity index (χ1v) is 7.84. The first-order valence-electron chi connectivity index (χ1n) is 6.96. The van der Waals surface area contributed by atoms with E-state index in [2.05, 4.69) is 69.5 Å². The van der Waals surface area contributed by atoms with Gasteiger partial charge in [-0.1, -0.05) is 35.4 Å². The third-order valence-electron chi connectivity index (χ3n) is 3.98. The minimum atomic E-state index is 0.171. The van der Waals surface area contributed by atoms with Gasteiger partial charge in [0.05, 0.1) is 12.1 Å². The molecule has 21 heavy (non-hydrogen) atoms. The van der Waals surface area contributed by atoms with Crippen molar-refractivity contribution in [2.45, 2.75) is 25.4 Å². The van der Waals surface area contributed by atoms with Crippen LogP contribution < -0.4 is 5.32 Å². The number of anilines is 1. The van der Waals surface area contributed by atoms with Crippen molar-refractivity contribution < 1.29 is 0 Å². The largest absolute Gasteiger partial charge is 0.345 e. The summed E-state index contributed by atoms with van der Waals surface area (Å²) in [5, 5.41) is 17.7. The average Bonchev–Trinajstić information content (AvgIpc) is 3.18. The molecule has 3 aromatic rings. The maximum atomic E-state index is 4.17. The number of nitrogens with one attached hydrogen (secondary N) is 1. The summed E-state index contributed by atoms with van der Waals surface area (Å²) >= 11 is 1.77. The lowest BCUT2D eigenvalue weighted by Gasteiger charge is -2.31. The second kappa shape index (κ2) is 4.96. The maximum Gasteiger partial charge on any atom is 0.244 e. The van der Waals surface area contributed by atoms with E-state index < -0.39 is 0 Å². The van der Waals surface area contributed by atoms with Crippen LogP contribution in [0.25, 0.3) is 0 Å². The quantitative estimate of drug-likeness (QED) is 0.789. The lowest BCUT2D eigenvalue weighted by atomic mass is 9.94. The number of benzene rings is 1. The first kappa shape index (κ1) is 12.5. The number of nitrogens with zero attached hydrogens (tertiary/aromatic N) is 4. The van der Waals surface area contributed by atoms with Crippen molar-refractivity contribution in [2.24, 2.45) is 0 Å². The van der Waals surface area contributed by atoms with E-state index in [1.54, 1.807) is 11.3 Å². The van der Waals surface area contributed by atoms with E-state index in [1.807, 2.05) is 4.68 Å². The average molecular weight is 297 g/mol. The summed E-state index contributed by atoms with van der Waals surface area (Å²) in [6, 6.07) is 13.1. The van der Waals surface area contributed by atoms with E-state index in [4.69, 9.17) is 0 Å². The van der Waals surface area contributed by atoms with Crippen LogP contribution >= 0.6 is 11.3 Å². The van der Waals surface area contributed by atoms with Crippen LogP contribution in [0.4, 0.5) is 5.95 Å². The Morgan fingerprint density at radius 2 is 2.14 bits per heavy atom. The highest BCUT2D eigenvalue weighted by atomic mass is 32.1. The van der Waals surface area contributed by atoms with Crippen LogP contribution in [-0.2, 0) is 0 Å². The molecular weight excluding hydrogens is 282 g/mol. The molecule has 0 radical (unpaired) electrons. The SMILES string of the molecule is Cc1ccccc1[C@@H]1C[C@H](c2cccs2)Nc2nnnn21. The number of fused-ring (bicyclic) bond motifs is 1. The number of hydrogen-bond acceptors (Lipinski definition) is 5. The van der Waals surface area contributed by atoms with Crippen molar-refractivity contribution in [1.82, 2.24) is 20.2 Å². The number of aromatic nitrogens is 4. The summed E-state index contributed by atoms with van der Waals surface area (Å²) in [7, 11) is 0. The van der Waals surface area contributed by atoms with Gasteiger partial charge in [0.25, 0.3) is 0 Å². The third-order valence-corrected chi connectivity index (χ3v) is 4.97. The Labute approximate surface area is 126 Å². The molecule has 1 aromatic carbocycles. The topological polar surface area (TPSA) is 55.6 Å². The molecule has 0 saturated heterocycles. The molecule has 5 nitrogen and oxygen atoms in total. The van der Waals surface area contributed by atoms with E-state index >= 15 is 0 Å². The summed E-state index contributed by atoms with van der Waals surface area (Å²) < 4.78 is 1.90. The molecule has 1 N–H and O–H groups in total. The fourth-order valence-electron chi connectivity index (χ4n) is 2.93. The zero-order valence-electron chi connectivity index (χ0n) is 11.6. The Bertz CT molecular complexity index is 749. The van der Waals surface area contributed by atoms with E-state index in [-0.39, 0.29) is 12.1 Å². The highest BCUT2D eigenvalue weighted by Gasteiger charge is 2.31. The molecule has 6 heteroatoms. The van der Waals surface area contributed by atoms with E-state index in [0.29, 0.717) is 0 Å². The molecule has 0 unspecified atom stereocenters. The lowest BCUT2D eigenvalue weighted by Crippen LogP contribution is -2.28. The van der Waals surface area contributed by atoms with Gasteiger partial charge in [-0.2, -0.15) is 0 Å². The molecule has 3 heterocycles. The summed E-state index contributed by atoms with van der Waals surface area (Å²) in [6.07, 6.45) is 0.948. The molecule has 0 spiro atoms. The zero-order chi connectivity index (χ0) is 14.2. The van der Waals surface area contributed by atoms with Gasteiger partial charge >= 0.3 is 0 Å². The predicted molar refractivity (Wildman–Crippen MR) is 82.4 cm³/mol. The number of hydrogen-bond donors (Lipinski definition) is 1. The van der Waals surface area contributed by atoms with Crippen molar-refractivity contribution in [1.29, 1.82) is 0 Å². The fourth-order valence-corrected chi connectivity index (χ4v) is 3.72. The highest BCUT2D eigenvalue weighted by Crippen LogP contribution is 2.39. The zero-order valence-corrected chi connectivity index (χ0v) is 12.4. The Morgan fingerprint density at radius 3 is 2.95 bits per heavy atom. The minimum Gasteiger partial charge on any atom is -0.345 e. The Morgan fingerprint density at radius 1 is 1.24 bits per heavy atom. The van der Waals surface area contributed by atoms with Gasteiger partial charge in [0.1, 0.15) is 0 Å². The molecule has 4 rings (SSSR count). The Kier molecular flexibility index (Phi) is 2.96. The van der Waals surface area contributed by atoms with Gasteiger partial charge in [0.15, 0.2) is 0 Å². The third kappa shape index (κ3) is 2.12. The van der Waals surface area contributed by atoms with Crippen LogP contribution in [0.1, 0.15) is 34.5 Å². The first-order chi connectivity index (χ1) is 10.3. The number of thiophene rings is 1. The van der Waals surface area contributed by atoms with Crippen LogP contribution in [0.2, 0.25) is 0 Å². The van der Waals surface area contributed by atoms with Gasteiger partial charge < -0.3 is 5.32 Å². The van der Waals surface area contributed by atoms with Crippen LogP contribution in [0, 0.1) is 6.92 Å². The Balaban J connectivity index is 1.78. The van der Waals surface area contributed by atoms with Crippen molar-refractivity contribution in [3.8, 4) is 0 Å². The van der Waals surface area contributed by atoms with E-state index in [0.717, 1.165) is 12.4 Å². The molecule has 106 valence electrons. The second-order valence-corrected chi connectivity index (χ2v) is 6.25. The second-order valence-electron chi connectivity index (χ2n) is 5.27. The molecule has 0 amide bonds. The molecule has 0 aliphatic carbocycles. The molecule has 1 aliphatic rings. The summed E-state index contributed by atoms with van der Waals surface area (Å²) in [5.41, 5.74) is 2.56. The van der Waals surface area contributed by atoms with Crippen LogP contribution in [0.15, 0.2) is 41.8 Å². The Hall–Kier alpha value is -2.21. The van der Waals surface area contributed by atoms with Gasteiger partial charge in [0, 0.05) is 4.88 Å². The lowest BCUT2D eigenvalue weighted by molar-refractivity contribution is 0.425. The van der Waals surface area contributed by atoms with Gasteiger partial charge in [0.2, 0.25) is 5.95 Å². The molecule has 0 saturated carbocycles. The van der Waals surface area contributed by atoms with Crippen LogP contribution in [0.5, 0.6) is 0 Å². The number of tetrazole rings is 1. The number of rotatable bonds is 2. The van der Waals surface area contributed by atoms with Crippen molar-refractivity contribution in [3.63, 3.8) is 0 Å². The van der Waals surface area contributed by atoms with Crippen LogP contribution in [-0.4, -0.2) is 20.2 Å². The van der Waals surface area contributed by atoms with Gasteiger partial charge in [-0.15, -0.1) is 11.3 Å². The fraction of sp³-hybridized carbons (Fsp3) is 0.267. The monoisotopic (exact) mass is 297 g/mol. The summed E-state index contributed by atoms with van der Waals surface area (Å²) in [6.45, 7) is 2.14. The van der Waals surface area contributed by atoms with Gasteiger partial charge in [-0.05, 0) is 46.3 Å². The van der Waals surface area contributed by atoms with Crippen molar-refractivity contribution in [2.75, 3.05) is 5.32 Å². The smallest absolute Gasteiger partial charge is 0.244 e.